The van der Waals surface area contributed by atoms with Crippen LogP contribution in [0.15, 0.2) is 47.0 Å². The molecule has 25 heavy (non-hydrogen) atoms. The molecule has 0 saturated carbocycles. The second kappa shape index (κ2) is 8.61. The van der Waals surface area contributed by atoms with Gasteiger partial charge >= 0.3 is 5.97 Å². The summed E-state index contributed by atoms with van der Waals surface area (Å²) in [6.07, 6.45) is 0. The molecule has 0 fully saturated rings. The number of hydrogen-bond acceptors (Lipinski definition) is 8. The van der Waals surface area contributed by atoms with E-state index in [1.165, 1.54) is 23.6 Å². The summed E-state index contributed by atoms with van der Waals surface area (Å²) in [7, 11) is 0. The summed E-state index contributed by atoms with van der Waals surface area (Å²) >= 11 is 1.26. The quantitative estimate of drug-likeness (QED) is 0.443. The van der Waals surface area contributed by atoms with Gasteiger partial charge in [0, 0.05) is 17.6 Å². The molecule has 0 radical (unpaired) electrons. The molecule has 3 N–H and O–H groups in total. The standard InChI is InChI=1S/C17H16N4O3S/c1-11(19)13(7-18)15(22)9-24-16(23)14-10-25-17(21-14)20-8-12-5-3-2-4-6-12/h2-6,10H,8-9,19H2,1H3,(H,20,21)/b13-11-. The van der Waals surface area contributed by atoms with E-state index in [4.69, 9.17) is 15.7 Å². The maximum atomic E-state index is 11.9. The van der Waals surface area contributed by atoms with Gasteiger partial charge in [-0.1, -0.05) is 30.3 Å². The Labute approximate surface area is 148 Å². The molecule has 0 aliphatic carbocycles. The average molecular weight is 356 g/mol. The fraction of sp³-hybridized carbons (Fsp3) is 0.176. The van der Waals surface area contributed by atoms with Crippen molar-refractivity contribution in [2.75, 3.05) is 11.9 Å². The Morgan fingerprint density at radius 2 is 2.08 bits per heavy atom. The van der Waals surface area contributed by atoms with E-state index >= 15 is 0 Å². The fourth-order valence-corrected chi connectivity index (χ4v) is 2.55. The minimum atomic E-state index is -0.732. The molecular formula is C17H16N4O3S. The Bertz CT molecular complexity index is 833. The minimum absolute atomic E-state index is 0.0876. The summed E-state index contributed by atoms with van der Waals surface area (Å²) in [6.45, 7) is 1.46. The molecular weight excluding hydrogens is 340 g/mol. The van der Waals surface area contributed by atoms with Gasteiger partial charge in [-0.15, -0.1) is 11.3 Å². The first kappa shape index (κ1) is 18.2. The second-order valence-corrected chi connectivity index (χ2v) is 5.90. The van der Waals surface area contributed by atoms with Crippen LogP contribution in [0.5, 0.6) is 0 Å². The molecule has 7 nitrogen and oxygen atoms in total. The Balaban J connectivity index is 1.89. The summed E-state index contributed by atoms with van der Waals surface area (Å²) in [4.78, 5) is 27.8. The van der Waals surface area contributed by atoms with Gasteiger partial charge in [-0.2, -0.15) is 5.26 Å². The highest BCUT2D eigenvalue weighted by Crippen LogP contribution is 2.17. The Morgan fingerprint density at radius 3 is 2.72 bits per heavy atom. The van der Waals surface area contributed by atoms with Crippen molar-refractivity contribution in [1.82, 2.24) is 4.98 Å². The van der Waals surface area contributed by atoms with Crippen LogP contribution in [-0.2, 0) is 16.1 Å². The summed E-state index contributed by atoms with van der Waals surface area (Å²) in [5.74, 6) is -1.38. The van der Waals surface area contributed by atoms with E-state index in [9.17, 15) is 9.59 Å². The maximum Gasteiger partial charge on any atom is 0.358 e. The first-order valence-electron chi connectivity index (χ1n) is 7.31. The molecule has 0 unspecified atom stereocenters. The third-order valence-corrected chi connectivity index (χ3v) is 3.92. The molecule has 0 atom stereocenters. The van der Waals surface area contributed by atoms with Crippen molar-refractivity contribution in [3.63, 3.8) is 0 Å². The molecule has 0 saturated heterocycles. The largest absolute Gasteiger partial charge is 0.453 e. The Kier molecular flexibility index (Phi) is 6.26. The highest BCUT2D eigenvalue weighted by atomic mass is 32.1. The highest BCUT2D eigenvalue weighted by molar-refractivity contribution is 7.13. The second-order valence-electron chi connectivity index (χ2n) is 5.05. The van der Waals surface area contributed by atoms with Crippen molar-refractivity contribution in [2.24, 2.45) is 5.73 Å². The van der Waals surface area contributed by atoms with Gasteiger partial charge in [0.1, 0.15) is 11.6 Å². The van der Waals surface area contributed by atoms with E-state index in [-0.39, 0.29) is 17.0 Å². The van der Waals surface area contributed by atoms with E-state index in [1.807, 2.05) is 30.3 Å². The normalized spacial score (nSPS) is 11.2. The molecule has 1 aromatic heterocycles. The number of ketones is 1. The predicted octanol–water partition coefficient (Wildman–Crippen LogP) is 2.24. The number of ether oxygens (including phenoxy) is 1. The van der Waals surface area contributed by atoms with Gasteiger partial charge in [0.2, 0.25) is 5.78 Å². The third-order valence-electron chi connectivity index (χ3n) is 3.12. The van der Waals surface area contributed by atoms with Crippen molar-refractivity contribution in [3.05, 3.63) is 58.2 Å². The lowest BCUT2D eigenvalue weighted by atomic mass is 10.1. The Hall–Kier alpha value is -3.18. The van der Waals surface area contributed by atoms with Crippen LogP contribution in [0, 0.1) is 11.3 Å². The number of benzene rings is 1. The lowest BCUT2D eigenvalue weighted by molar-refractivity contribution is -0.118. The van der Waals surface area contributed by atoms with Crippen molar-refractivity contribution in [3.8, 4) is 6.07 Å². The van der Waals surface area contributed by atoms with Gasteiger partial charge in [0.15, 0.2) is 17.4 Å². The van der Waals surface area contributed by atoms with Gasteiger partial charge < -0.3 is 15.8 Å². The van der Waals surface area contributed by atoms with Gasteiger partial charge in [-0.3, -0.25) is 4.79 Å². The lowest BCUT2D eigenvalue weighted by Gasteiger charge is -2.03. The van der Waals surface area contributed by atoms with E-state index in [0.29, 0.717) is 11.7 Å². The highest BCUT2D eigenvalue weighted by Gasteiger charge is 2.17. The summed E-state index contributed by atoms with van der Waals surface area (Å²) in [5, 5.41) is 14.1. The van der Waals surface area contributed by atoms with Crippen LogP contribution in [0.4, 0.5) is 5.13 Å². The number of hydrogen-bond donors (Lipinski definition) is 2. The van der Waals surface area contributed by atoms with Gasteiger partial charge in [0.25, 0.3) is 0 Å². The van der Waals surface area contributed by atoms with Crippen LogP contribution in [0.1, 0.15) is 23.0 Å². The average Bonchev–Trinajstić information content (AvgIpc) is 3.08. The van der Waals surface area contributed by atoms with Crippen molar-refractivity contribution < 1.29 is 14.3 Å². The van der Waals surface area contributed by atoms with Crippen LogP contribution in [-0.4, -0.2) is 23.3 Å². The van der Waals surface area contributed by atoms with Crippen molar-refractivity contribution in [2.45, 2.75) is 13.5 Å². The summed E-state index contributed by atoms with van der Waals surface area (Å²) < 4.78 is 4.89. The molecule has 1 heterocycles. The molecule has 0 spiro atoms. The van der Waals surface area contributed by atoms with Crippen molar-refractivity contribution in [1.29, 1.82) is 5.26 Å². The zero-order valence-corrected chi connectivity index (χ0v) is 14.3. The molecule has 2 rings (SSSR count). The number of Topliss-reactive ketones (excluding diaryl/α,β-unsaturated/α-hetero) is 1. The van der Waals surface area contributed by atoms with E-state index in [1.54, 1.807) is 6.07 Å². The van der Waals surface area contributed by atoms with E-state index < -0.39 is 18.4 Å². The van der Waals surface area contributed by atoms with Crippen molar-refractivity contribution >= 4 is 28.2 Å². The molecule has 0 aliphatic rings. The van der Waals surface area contributed by atoms with Crippen LogP contribution in [0.25, 0.3) is 0 Å². The number of anilines is 1. The fourth-order valence-electron chi connectivity index (χ4n) is 1.87. The molecule has 128 valence electrons. The molecule has 1 aromatic carbocycles. The van der Waals surface area contributed by atoms with Gasteiger partial charge in [-0.25, -0.2) is 9.78 Å². The number of rotatable bonds is 7. The van der Waals surface area contributed by atoms with E-state index in [2.05, 4.69) is 10.3 Å². The molecule has 0 aliphatic heterocycles. The van der Waals surface area contributed by atoms with Gasteiger partial charge in [-0.05, 0) is 12.5 Å². The number of nitrogens with zero attached hydrogens (tertiary/aromatic N) is 2. The lowest BCUT2D eigenvalue weighted by Crippen LogP contribution is -2.17. The molecule has 0 amide bonds. The molecule has 8 heteroatoms. The Morgan fingerprint density at radius 1 is 1.36 bits per heavy atom. The van der Waals surface area contributed by atoms with E-state index in [0.717, 1.165) is 5.56 Å². The number of thiazole rings is 1. The van der Waals surface area contributed by atoms with Gasteiger partial charge in [0.05, 0.1) is 0 Å². The van der Waals surface area contributed by atoms with Crippen LogP contribution in [0.2, 0.25) is 0 Å². The predicted molar refractivity (Wildman–Crippen MR) is 93.7 cm³/mol. The number of nitriles is 1. The number of esters is 1. The zero-order chi connectivity index (χ0) is 18.2. The molecule has 2 aromatic rings. The van der Waals surface area contributed by atoms with Crippen LogP contribution in [0.3, 0.4) is 0 Å². The monoisotopic (exact) mass is 356 g/mol. The SMILES string of the molecule is C/C(N)=C(\C#N)C(=O)COC(=O)c1csc(NCc2ccccc2)n1. The first-order valence-corrected chi connectivity index (χ1v) is 8.19. The maximum absolute atomic E-state index is 11.9. The van der Waals surface area contributed by atoms with Crippen LogP contribution < -0.4 is 11.1 Å². The van der Waals surface area contributed by atoms with Crippen LogP contribution >= 0.6 is 11.3 Å². The third kappa shape index (κ3) is 5.16. The topological polar surface area (TPSA) is 118 Å². The number of nitrogens with one attached hydrogen (secondary N) is 1. The molecule has 0 bridgehead atoms. The summed E-state index contributed by atoms with van der Waals surface area (Å²) in [5.41, 5.74) is 6.48. The number of allylic oxidation sites excluding steroid dienone is 1. The number of carbonyl (C=O) groups excluding carboxylic acids is 2. The smallest absolute Gasteiger partial charge is 0.358 e. The zero-order valence-electron chi connectivity index (χ0n) is 13.5. The number of aromatic nitrogens is 1. The number of carbonyl (C=O) groups is 2. The number of nitrogens with two attached hydrogens (primary N) is 1. The minimum Gasteiger partial charge on any atom is -0.453 e. The summed E-state index contributed by atoms with van der Waals surface area (Å²) in [6, 6.07) is 11.4. The first-order chi connectivity index (χ1) is 12.0.